The lowest BCUT2D eigenvalue weighted by molar-refractivity contribution is -0.123. The lowest BCUT2D eigenvalue weighted by Gasteiger charge is -2.31. The Morgan fingerprint density at radius 2 is 2.30 bits per heavy atom. The maximum Gasteiger partial charge on any atom is 0.388 e. The molecule has 0 saturated heterocycles. The average Bonchev–Trinajstić information content (AvgIpc) is 2.46. The summed E-state index contributed by atoms with van der Waals surface area (Å²) in [4.78, 5) is 15.0. The van der Waals surface area contributed by atoms with Crippen molar-refractivity contribution in [3.63, 3.8) is 0 Å². The number of alkyl halides is 2. The number of hydrogen-bond acceptors (Lipinski definition) is 5. The Balaban J connectivity index is 2.41. The minimum Gasteiger partial charge on any atom is -0.417 e. The number of carbonyl (C=O) groups excluding carboxylic acids is 1. The molecule has 0 saturated carbocycles. The first-order chi connectivity index (χ1) is 9.61. The van der Waals surface area contributed by atoms with E-state index in [2.05, 4.69) is 15.0 Å². The molecule has 0 radical (unpaired) electrons. The summed E-state index contributed by atoms with van der Waals surface area (Å²) in [5.74, 6) is -0.233. The maximum absolute atomic E-state index is 12.2. The normalized spacial score (nSPS) is 21.3. The quantitative estimate of drug-likeness (QED) is 0.833. The summed E-state index contributed by atoms with van der Waals surface area (Å²) in [5, 5.41) is 2.79. The number of aldehydes is 1. The first-order valence-electron chi connectivity index (χ1n) is 5.69. The van der Waals surface area contributed by atoms with Crippen LogP contribution in [0.25, 0.3) is 5.57 Å². The van der Waals surface area contributed by atoms with Gasteiger partial charge in [-0.25, -0.2) is 4.98 Å². The number of carbonyl (C=O) groups is 1. The zero-order valence-corrected chi connectivity index (χ0v) is 10.5. The summed E-state index contributed by atoms with van der Waals surface area (Å²) in [6.07, 6.45) is 6.78. The highest BCUT2D eigenvalue weighted by Gasteiger charge is 2.35. The average molecular weight is 282 g/mol. The van der Waals surface area contributed by atoms with E-state index in [0.717, 1.165) is 0 Å². The highest BCUT2D eigenvalue weighted by molar-refractivity contribution is 5.89. The highest BCUT2D eigenvalue weighted by atomic mass is 19.3. The molecular weight excluding hydrogens is 270 g/mol. The zero-order valence-electron chi connectivity index (χ0n) is 10.5. The van der Waals surface area contributed by atoms with Gasteiger partial charge < -0.3 is 14.8 Å². The monoisotopic (exact) mass is 282 g/mol. The Kier molecular flexibility index (Phi) is 4.09. The third kappa shape index (κ3) is 2.67. The van der Waals surface area contributed by atoms with Crippen molar-refractivity contribution in [1.29, 1.82) is 0 Å². The van der Waals surface area contributed by atoms with Crippen molar-refractivity contribution in [2.75, 3.05) is 7.11 Å². The van der Waals surface area contributed by atoms with Gasteiger partial charge in [-0.05, 0) is 23.9 Å². The van der Waals surface area contributed by atoms with Gasteiger partial charge in [0, 0.05) is 24.9 Å². The fourth-order valence-electron chi connectivity index (χ4n) is 1.88. The Bertz CT molecular complexity index is 560. The van der Waals surface area contributed by atoms with E-state index in [9.17, 15) is 13.6 Å². The van der Waals surface area contributed by atoms with Gasteiger partial charge in [-0.1, -0.05) is 6.08 Å². The number of pyridine rings is 1. The predicted molar refractivity (Wildman–Crippen MR) is 66.9 cm³/mol. The van der Waals surface area contributed by atoms with Gasteiger partial charge in [0.15, 0.2) is 6.29 Å². The molecule has 2 heterocycles. The molecule has 0 amide bonds. The fraction of sp³-hybridized carbons (Fsp3) is 0.231. The standard InChI is InChI=1S/C13H12F2N2O3/c1-19-13(8-18)10(3-2-5-17-13)9-4-6-16-11(7-9)20-12(14)15/h2-8,12,17H,1H3. The van der Waals surface area contributed by atoms with Gasteiger partial charge in [0.25, 0.3) is 0 Å². The molecule has 0 aromatic carbocycles. The molecule has 1 aromatic heterocycles. The second-order valence-electron chi connectivity index (χ2n) is 3.90. The minimum atomic E-state index is -2.96. The van der Waals surface area contributed by atoms with Crippen molar-refractivity contribution >= 4 is 11.9 Å². The second kappa shape index (κ2) is 5.79. The van der Waals surface area contributed by atoms with Gasteiger partial charge in [-0.3, -0.25) is 4.79 Å². The van der Waals surface area contributed by atoms with Crippen LogP contribution in [0.1, 0.15) is 5.56 Å². The zero-order chi connectivity index (χ0) is 14.6. The number of nitrogens with one attached hydrogen (secondary N) is 1. The van der Waals surface area contributed by atoms with Crippen LogP contribution in [0.15, 0.2) is 36.7 Å². The van der Waals surface area contributed by atoms with Crippen LogP contribution in [0.5, 0.6) is 5.88 Å². The summed E-state index contributed by atoms with van der Waals surface area (Å²) in [6, 6.07) is 2.89. The molecule has 0 fully saturated rings. The SMILES string of the molecule is COC1(C=O)NC=CC=C1c1ccnc(OC(F)F)c1. The smallest absolute Gasteiger partial charge is 0.388 e. The van der Waals surface area contributed by atoms with Gasteiger partial charge in [0.1, 0.15) is 0 Å². The van der Waals surface area contributed by atoms with Crippen molar-refractivity contribution < 1.29 is 23.0 Å². The van der Waals surface area contributed by atoms with E-state index in [1.807, 2.05) is 0 Å². The number of allylic oxidation sites excluding steroid dienone is 2. The van der Waals surface area contributed by atoms with Gasteiger partial charge in [0.05, 0.1) is 0 Å². The molecule has 0 aliphatic carbocycles. The molecule has 1 aromatic rings. The van der Waals surface area contributed by atoms with Gasteiger partial charge in [-0.15, -0.1) is 0 Å². The molecule has 1 aliphatic rings. The molecule has 7 heteroatoms. The molecule has 1 unspecified atom stereocenters. The summed E-state index contributed by atoms with van der Waals surface area (Å²) in [7, 11) is 1.37. The maximum atomic E-state index is 12.2. The number of rotatable bonds is 5. The third-order valence-corrected chi connectivity index (χ3v) is 2.80. The van der Waals surface area contributed by atoms with Crippen LogP contribution in [-0.4, -0.2) is 30.7 Å². The number of ether oxygens (including phenoxy) is 2. The summed E-state index contributed by atoms with van der Waals surface area (Å²) >= 11 is 0. The van der Waals surface area contributed by atoms with Crippen LogP contribution < -0.4 is 10.1 Å². The van der Waals surface area contributed by atoms with E-state index in [4.69, 9.17) is 4.74 Å². The van der Waals surface area contributed by atoms with E-state index in [1.165, 1.54) is 19.4 Å². The van der Waals surface area contributed by atoms with E-state index in [-0.39, 0.29) is 5.88 Å². The number of halogens is 2. The molecule has 1 N–H and O–H groups in total. The van der Waals surface area contributed by atoms with Crippen LogP contribution >= 0.6 is 0 Å². The molecule has 1 aliphatic heterocycles. The van der Waals surface area contributed by atoms with E-state index in [1.54, 1.807) is 24.4 Å². The van der Waals surface area contributed by atoms with E-state index < -0.39 is 12.3 Å². The molecule has 5 nitrogen and oxygen atoms in total. The first-order valence-corrected chi connectivity index (χ1v) is 5.69. The van der Waals surface area contributed by atoms with Crippen LogP contribution in [0.3, 0.4) is 0 Å². The Hall–Kier alpha value is -2.28. The molecular formula is C13H12F2N2O3. The van der Waals surface area contributed by atoms with Crippen molar-refractivity contribution in [1.82, 2.24) is 10.3 Å². The lowest BCUT2D eigenvalue weighted by Crippen LogP contribution is -2.48. The highest BCUT2D eigenvalue weighted by Crippen LogP contribution is 2.30. The molecule has 106 valence electrons. The number of aromatic nitrogens is 1. The van der Waals surface area contributed by atoms with Crippen molar-refractivity contribution in [2.45, 2.75) is 12.3 Å². The molecule has 20 heavy (non-hydrogen) atoms. The van der Waals surface area contributed by atoms with Crippen LogP contribution in [0, 0.1) is 0 Å². The Morgan fingerprint density at radius 3 is 2.95 bits per heavy atom. The number of methoxy groups -OCH3 is 1. The van der Waals surface area contributed by atoms with Gasteiger partial charge in [-0.2, -0.15) is 8.78 Å². The topological polar surface area (TPSA) is 60.5 Å². The largest absolute Gasteiger partial charge is 0.417 e. The molecule has 0 bridgehead atoms. The third-order valence-electron chi connectivity index (χ3n) is 2.80. The molecule has 0 spiro atoms. The van der Waals surface area contributed by atoms with Gasteiger partial charge >= 0.3 is 6.61 Å². The lowest BCUT2D eigenvalue weighted by atomic mass is 9.94. The Labute approximate surface area is 113 Å². The van der Waals surface area contributed by atoms with Gasteiger partial charge in [0.2, 0.25) is 11.6 Å². The van der Waals surface area contributed by atoms with Crippen LogP contribution in [0.2, 0.25) is 0 Å². The number of nitrogens with zero attached hydrogens (tertiary/aromatic N) is 1. The molecule has 1 atom stereocenters. The first kappa shape index (κ1) is 14.1. The Morgan fingerprint density at radius 1 is 1.50 bits per heavy atom. The van der Waals surface area contributed by atoms with Crippen LogP contribution in [-0.2, 0) is 9.53 Å². The predicted octanol–water partition coefficient (Wildman–Crippen LogP) is 1.72. The van der Waals surface area contributed by atoms with E-state index in [0.29, 0.717) is 17.4 Å². The minimum absolute atomic E-state index is 0.233. The number of dihydropyridines is 1. The number of hydrogen-bond donors (Lipinski definition) is 1. The summed E-state index contributed by atoms with van der Waals surface area (Å²) in [6.45, 7) is -2.96. The fourth-order valence-corrected chi connectivity index (χ4v) is 1.88. The van der Waals surface area contributed by atoms with E-state index >= 15 is 0 Å². The summed E-state index contributed by atoms with van der Waals surface area (Å²) < 4.78 is 33.8. The summed E-state index contributed by atoms with van der Waals surface area (Å²) in [5.41, 5.74) is -0.404. The van der Waals surface area contributed by atoms with Crippen molar-refractivity contribution in [2.24, 2.45) is 0 Å². The van der Waals surface area contributed by atoms with Crippen molar-refractivity contribution in [3.05, 3.63) is 42.2 Å². The van der Waals surface area contributed by atoms with Crippen molar-refractivity contribution in [3.8, 4) is 5.88 Å². The van der Waals surface area contributed by atoms with Crippen LogP contribution in [0.4, 0.5) is 8.78 Å². The second-order valence-corrected chi connectivity index (χ2v) is 3.90. The molecule has 2 rings (SSSR count).